The van der Waals surface area contributed by atoms with Crippen molar-refractivity contribution >= 4 is 17.9 Å². The van der Waals surface area contributed by atoms with Gasteiger partial charge in [-0.1, -0.05) is 234 Å². The van der Waals surface area contributed by atoms with Crippen LogP contribution in [0, 0.1) is 0 Å². The number of rotatable bonds is 48. The monoisotopic (exact) mass is 917 g/mol. The van der Waals surface area contributed by atoms with Gasteiger partial charge < -0.3 is 14.2 Å². The van der Waals surface area contributed by atoms with Crippen LogP contribution in [0.25, 0.3) is 0 Å². The van der Waals surface area contributed by atoms with Crippen LogP contribution in [0.1, 0.15) is 245 Å². The zero-order chi connectivity index (χ0) is 47.9. The second kappa shape index (κ2) is 53.9. The number of carbonyl (C=O) groups excluding carboxylic acids is 3. The van der Waals surface area contributed by atoms with Gasteiger partial charge in [-0.15, -0.1) is 0 Å². The molecule has 0 aromatic rings. The first-order chi connectivity index (χ1) is 32.5. The average molecular weight is 917 g/mol. The molecule has 0 amide bonds. The minimum atomic E-state index is -0.820. The maximum atomic E-state index is 12.8. The molecule has 0 bridgehead atoms. The molecule has 0 saturated heterocycles. The first-order valence-corrected chi connectivity index (χ1v) is 27.2. The predicted molar refractivity (Wildman–Crippen MR) is 284 cm³/mol. The van der Waals surface area contributed by atoms with Crippen molar-refractivity contribution < 1.29 is 28.6 Å². The second-order valence-electron chi connectivity index (χ2n) is 17.8. The van der Waals surface area contributed by atoms with E-state index in [2.05, 4.69) is 106 Å². The average Bonchev–Trinajstić information content (AvgIpc) is 3.31. The number of unbranched alkanes of at least 4 members (excludes halogenated alkanes) is 21. The van der Waals surface area contributed by atoms with E-state index in [4.69, 9.17) is 14.2 Å². The molecular formula is C60H100O6. The molecule has 0 radical (unpaired) electrons. The molecule has 0 N–H and O–H groups in total. The van der Waals surface area contributed by atoms with Gasteiger partial charge in [-0.2, -0.15) is 0 Å². The van der Waals surface area contributed by atoms with E-state index in [0.29, 0.717) is 19.3 Å². The van der Waals surface area contributed by atoms with Crippen molar-refractivity contribution in [2.45, 2.75) is 252 Å². The Morgan fingerprint density at radius 1 is 0.318 bits per heavy atom. The van der Waals surface area contributed by atoms with Gasteiger partial charge in [0.25, 0.3) is 0 Å². The molecule has 376 valence electrons. The van der Waals surface area contributed by atoms with Gasteiger partial charge in [-0.05, 0) is 89.9 Å². The van der Waals surface area contributed by atoms with Crippen molar-refractivity contribution in [3.05, 3.63) is 97.2 Å². The summed E-state index contributed by atoms with van der Waals surface area (Å²) >= 11 is 0. The zero-order valence-corrected chi connectivity index (χ0v) is 42.9. The largest absolute Gasteiger partial charge is 0.462 e. The van der Waals surface area contributed by atoms with Gasteiger partial charge in [-0.3, -0.25) is 14.4 Å². The van der Waals surface area contributed by atoms with Crippen molar-refractivity contribution in [1.29, 1.82) is 0 Å². The first-order valence-electron chi connectivity index (χ1n) is 27.2. The summed E-state index contributed by atoms with van der Waals surface area (Å²) in [6, 6.07) is 0. The van der Waals surface area contributed by atoms with Crippen LogP contribution in [0.2, 0.25) is 0 Å². The molecule has 0 aromatic carbocycles. The van der Waals surface area contributed by atoms with E-state index >= 15 is 0 Å². The predicted octanol–water partition coefficient (Wildman–Crippen LogP) is 18.1. The van der Waals surface area contributed by atoms with Crippen molar-refractivity contribution in [3.63, 3.8) is 0 Å². The molecule has 0 aromatic heterocycles. The van der Waals surface area contributed by atoms with Gasteiger partial charge >= 0.3 is 17.9 Å². The molecule has 0 aliphatic rings. The summed E-state index contributed by atoms with van der Waals surface area (Å²) in [6.07, 6.45) is 71.1. The third kappa shape index (κ3) is 51.3. The van der Waals surface area contributed by atoms with E-state index in [1.165, 1.54) is 109 Å². The molecule has 0 heterocycles. The summed E-state index contributed by atoms with van der Waals surface area (Å²) in [5, 5.41) is 0. The topological polar surface area (TPSA) is 78.9 Å². The number of carbonyl (C=O) groups is 3. The minimum absolute atomic E-state index is 0.109. The Morgan fingerprint density at radius 2 is 0.621 bits per heavy atom. The van der Waals surface area contributed by atoms with Crippen LogP contribution in [0.4, 0.5) is 0 Å². The van der Waals surface area contributed by atoms with E-state index in [1.807, 2.05) is 12.2 Å². The van der Waals surface area contributed by atoms with E-state index in [1.54, 1.807) is 0 Å². The normalized spacial score (nSPS) is 12.8. The highest BCUT2D eigenvalue weighted by molar-refractivity contribution is 5.71. The summed E-state index contributed by atoms with van der Waals surface area (Å²) in [5.74, 6) is -1.00. The van der Waals surface area contributed by atoms with Crippen molar-refractivity contribution in [3.8, 4) is 0 Å². The molecule has 0 spiro atoms. The van der Waals surface area contributed by atoms with Crippen LogP contribution < -0.4 is 0 Å². The van der Waals surface area contributed by atoms with Crippen LogP contribution in [-0.4, -0.2) is 37.2 Å². The third-order valence-corrected chi connectivity index (χ3v) is 11.3. The fourth-order valence-corrected chi connectivity index (χ4v) is 7.26. The molecular weight excluding hydrogens is 817 g/mol. The number of allylic oxidation sites excluding steroid dienone is 16. The van der Waals surface area contributed by atoms with Crippen LogP contribution in [-0.2, 0) is 28.6 Å². The Balaban J connectivity index is 4.51. The van der Waals surface area contributed by atoms with Gasteiger partial charge in [0.1, 0.15) is 13.2 Å². The third-order valence-electron chi connectivity index (χ3n) is 11.3. The highest BCUT2D eigenvalue weighted by Crippen LogP contribution is 2.14. The summed E-state index contributed by atoms with van der Waals surface area (Å²) in [6.45, 7) is 6.43. The Labute approximate surface area is 407 Å². The minimum Gasteiger partial charge on any atom is -0.462 e. The zero-order valence-electron chi connectivity index (χ0n) is 42.9. The van der Waals surface area contributed by atoms with Crippen LogP contribution in [0.15, 0.2) is 97.2 Å². The highest BCUT2D eigenvalue weighted by atomic mass is 16.6. The summed E-state index contributed by atoms with van der Waals surface area (Å²) < 4.78 is 16.7. The lowest BCUT2D eigenvalue weighted by Crippen LogP contribution is -2.30. The molecule has 0 unspecified atom stereocenters. The second-order valence-corrected chi connectivity index (χ2v) is 17.8. The molecule has 66 heavy (non-hydrogen) atoms. The van der Waals surface area contributed by atoms with Crippen LogP contribution >= 0.6 is 0 Å². The van der Waals surface area contributed by atoms with Gasteiger partial charge in [-0.25, -0.2) is 0 Å². The Bertz CT molecular complexity index is 1330. The standard InChI is InChI=1S/C60H100O6/c1-4-7-10-13-16-19-22-25-27-29-30-32-34-36-39-42-45-48-51-54-60(63)66-57(55-64-58(61)52-49-46-43-40-37-24-21-18-15-12-9-6-3)56-65-59(62)53-50-47-44-41-38-35-33-31-28-26-23-20-17-14-11-8-5-2/h7,10,16-17,19-20,25-28,30,32,36,39,45,48,57H,4-6,8-9,11-15,18,21-24,29,31,33-35,37-38,40-44,46-47,49-56H2,1-3H3/b10-7-,19-16-,20-17-,27-25-,28-26-,32-30-,39-36-,48-45-/t57-/m0/s1. The van der Waals surface area contributed by atoms with E-state index in [0.717, 1.165) is 89.9 Å². The Kier molecular flexibility index (Phi) is 50.9. The quantitative estimate of drug-likeness (QED) is 0.0262. The maximum absolute atomic E-state index is 12.8. The lowest BCUT2D eigenvalue weighted by atomic mass is 10.0. The molecule has 1 atom stereocenters. The number of esters is 3. The Hall–Kier alpha value is -3.67. The number of hydrogen-bond acceptors (Lipinski definition) is 6. The molecule has 0 aliphatic carbocycles. The van der Waals surface area contributed by atoms with Gasteiger partial charge in [0.05, 0.1) is 0 Å². The smallest absolute Gasteiger partial charge is 0.306 e. The van der Waals surface area contributed by atoms with Crippen molar-refractivity contribution in [1.82, 2.24) is 0 Å². The first kappa shape index (κ1) is 62.3. The molecule has 6 heteroatoms. The van der Waals surface area contributed by atoms with Crippen LogP contribution in [0.5, 0.6) is 0 Å². The SMILES string of the molecule is CC/C=C\C/C=C\C/C=C\C/C=C\C/C=C\C/C=C\CCC(=O)O[C@H](COC(=O)CCCCCCCCC/C=C\C/C=C\CCCCC)COC(=O)CCCCCCCCCCCCCC. The van der Waals surface area contributed by atoms with Crippen molar-refractivity contribution in [2.24, 2.45) is 0 Å². The molecule has 0 aliphatic heterocycles. The van der Waals surface area contributed by atoms with Crippen LogP contribution in [0.3, 0.4) is 0 Å². The molecule has 0 saturated carbocycles. The molecule has 0 rings (SSSR count). The fraction of sp³-hybridized carbons (Fsp3) is 0.683. The van der Waals surface area contributed by atoms with Gasteiger partial charge in [0.2, 0.25) is 0 Å². The fourth-order valence-electron chi connectivity index (χ4n) is 7.26. The lowest BCUT2D eigenvalue weighted by Gasteiger charge is -2.18. The Morgan fingerprint density at radius 3 is 1.02 bits per heavy atom. The molecule has 0 fully saturated rings. The van der Waals surface area contributed by atoms with Gasteiger partial charge in [0, 0.05) is 19.3 Å². The highest BCUT2D eigenvalue weighted by Gasteiger charge is 2.19. The number of ether oxygens (including phenoxy) is 3. The lowest BCUT2D eigenvalue weighted by molar-refractivity contribution is -0.166. The van der Waals surface area contributed by atoms with Crippen molar-refractivity contribution in [2.75, 3.05) is 13.2 Å². The summed E-state index contributed by atoms with van der Waals surface area (Å²) in [4.78, 5) is 38.0. The maximum Gasteiger partial charge on any atom is 0.306 e. The van der Waals surface area contributed by atoms with Gasteiger partial charge in [0.15, 0.2) is 6.10 Å². The van der Waals surface area contributed by atoms with E-state index in [9.17, 15) is 14.4 Å². The van der Waals surface area contributed by atoms with E-state index in [-0.39, 0.29) is 31.6 Å². The van der Waals surface area contributed by atoms with E-state index < -0.39 is 12.1 Å². The molecule has 6 nitrogen and oxygen atoms in total. The summed E-state index contributed by atoms with van der Waals surface area (Å²) in [7, 11) is 0. The number of hydrogen-bond donors (Lipinski definition) is 0. The summed E-state index contributed by atoms with van der Waals surface area (Å²) in [5.41, 5.74) is 0.